The maximum Gasteiger partial charge on any atom is 0.128 e. The van der Waals surface area contributed by atoms with E-state index < -0.39 is 0 Å². The largest absolute Gasteiger partial charge is 0.317 e. The van der Waals surface area contributed by atoms with Gasteiger partial charge in [0.05, 0.1) is 0 Å². The second kappa shape index (κ2) is 7.76. The van der Waals surface area contributed by atoms with Crippen molar-refractivity contribution in [3.05, 3.63) is 34.1 Å². The Balaban J connectivity index is 2.21. The molecule has 0 bridgehead atoms. The normalized spacial score (nSPS) is 10.7. The molecular formula is C12H18BrFN2. The summed E-state index contributed by atoms with van der Waals surface area (Å²) in [4.78, 5) is 0. The average Bonchev–Trinajstić information content (AvgIpc) is 2.26. The molecule has 0 radical (unpaired) electrons. The minimum atomic E-state index is -0.159. The minimum Gasteiger partial charge on any atom is -0.317 e. The highest BCUT2D eigenvalue weighted by Crippen LogP contribution is 2.14. The monoisotopic (exact) mass is 288 g/mol. The van der Waals surface area contributed by atoms with E-state index in [4.69, 9.17) is 0 Å². The zero-order valence-corrected chi connectivity index (χ0v) is 11.1. The van der Waals surface area contributed by atoms with Gasteiger partial charge >= 0.3 is 0 Å². The van der Waals surface area contributed by atoms with Crippen molar-refractivity contribution in [2.24, 2.45) is 0 Å². The van der Waals surface area contributed by atoms with E-state index in [2.05, 4.69) is 33.5 Å². The van der Waals surface area contributed by atoms with Gasteiger partial charge < -0.3 is 10.6 Å². The number of benzene rings is 1. The third kappa shape index (κ3) is 5.05. The van der Waals surface area contributed by atoms with Crippen LogP contribution in [-0.2, 0) is 6.54 Å². The molecule has 0 saturated carbocycles. The molecule has 0 atom stereocenters. The highest BCUT2D eigenvalue weighted by atomic mass is 79.9. The highest BCUT2D eigenvalue weighted by Gasteiger charge is 2.01. The van der Waals surface area contributed by atoms with Crippen molar-refractivity contribution in [1.29, 1.82) is 0 Å². The molecule has 1 aromatic carbocycles. The van der Waals surface area contributed by atoms with Crippen molar-refractivity contribution in [3.63, 3.8) is 0 Å². The first-order chi connectivity index (χ1) is 7.74. The molecule has 1 aromatic rings. The van der Waals surface area contributed by atoms with Crippen LogP contribution in [0, 0.1) is 5.82 Å². The molecule has 0 fully saturated rings. The fraction of sp³-hybridized carbons (Fsp3) is 0.500. The van der Waals surface area contributed by atoms with E-state index in [1.165, 1.54) is 6.07 Å². The Morgan fingerprint density at radius 1 is 1.25 bits per heavy atom. The van der Waals surface area contributed by atoms with Crippen molar-refractivity contribution in [1.82, 2.24) is 10.6 Å². The van der Waals surface area contributed by atoms with Crippen molar-refractivity contribution >= 4 is 15.9 Å². The van der Waals surface area contributed by atoms with Crippen molar-refractivity contribution in [3.8, 4) is 0 Å². The molecule has 2 nitrogen and oxygen atoms in total. The smallest absolute Gasteiger partial charge is 0.128 e. The molecule has 0 heterocycles. The fourth-order valence-electron chi connectivity index (χ4n) is 1.40. The van der Waals surface area contributed by atoms with Crippen LogP contribution in [-0.4, -0.2) is 19.6 Å². The fourth-order valence-corrected chi connectivity index (χ4v) is 1.74. The third-order valence-corrected chi connectivity index (χ3v) is 2.78. The quantitative estimate of drug-likeness (QED) is 0.754. The lowest BCUT2D eigenvalue weighted by molar-refractivity contribution is 0.571. The van der Waals surface area contributed by atoms with Gasteiger partial charge in [-0.05, 0) is 38.2 Å². The summed E-state index contributed by atoms with van der Waals surface area (Å²) in [6, 6.07) is 5.16. The van der Waals surface area contributed by atoms with E-state index in [9.17, 15) is 4.39 Å². The van der Waals surface area contributed by atoms with Crippen LogP contribution in [0.25, 0.3) is 0 Å². The summed E-state index contributed by atoms with van der Waals surface area (Å²) < 4.78 is 14.2. The van der Waals surface area contributed by atoms with Gasteiger partial charge in [0.25, 0.3) is 0 Å². The maximum absolute atomic E-state index is 13.4. The zero-order valence-electron chi connectivity index (χ0n) is 9.52. The summed E-state index contributed by atoms with van der Waals surface area (Å²) in [6.07, 6.45) is 1.06. The Hall–Kier alpha value is -0.450. The summed E-state index contributed by atoms with van der Waals surface area (Å²) >= 11 is 3.24. The molecule has 0 unspecified atom stereocenters. The molecule has 0 aliphatic carbocycles. The number of halogens is 2. The lowest BCUT2D eigenvalue weighted by Crippen LogP contribution is -2.21. The summed E-state index contributed by atoms with van der Waals surface area (Å²) in [5, 5.41) is 6.47. The summed E-state index contributed by atoms with van der Waals surface area (Å²) in [6.45, 7) is 5.59. The third-order valence-electron chi connectivity index (χ3n) is 2.29. The molecular weight excluding hydrogens is 271 g/mol. The van der Waals surface area contributed by atoms with Gasteiger partial charge in [0, 0.05) is 16.6 Å². The first-order valence-electron chi connectivity index (χ1n) is 5.59. The highest BCUT2D eigenvalue weighted by molar-refractivity contribution is 9.10. The van der Waals surface area contributed by atoms with E-state index in [1.54, 1.807) is 6.07 Å². The van der Waals surface area contributed by atoms with Gasteiger partial charge in [-0.25, -0.2) is 4.39 Å². The van der Waals surface area contributed by atoms with Crippen molar-refractivity contribution in [2.45, 2.75) is 19.9 Å². The van der Waals surface area contributed by atoms with Gasteiger partial charge in [-0.1, -0.05) is 28.9 Å². The van der Waals surface area contributed by atoms with Crippen LogP contribution in [0.4, 0.5) is 4.39 Å². The molecule has 2 N–H and O–H groups in total. The van der Waals surface area contributed by atoms with Gasteiger partial charge in [-0.2, -0.15) is 0 Å². The first kappa shape index (κ1) is 13.6. The Labute approximate surface area is 105 Å². The van der Waals surface area contributed by atoms with Crippen molar-refractivity contribution < 1.29 is 4.39 Å². The molecule has 90 valence electrons. The second-order valence-corrected chi connectivity index (χ2v) is 4.54. The van der Waals surface area contributed by atoms with Crippen LogP contribution in [0.3, 0.4) is 0 Å². The van der Waals surface area contributed by atoms with Crippen LogP contribution in [0.5, 0.6) is 0 Å². The first-order valence-corrected chi connectivity index (χ1v) is 6.38. The number of nitrogens with one attached hydrogen (secondary N) is 2. The molecule has 0 aliphatic heterocycles. The Morgan fingerprint density at radius 3 is 2.69 bits per heavy atom. The Bertz CT molecular complexity index is 318. The minimum absolute atomic E-state index is 0.159. The van der Waals surface area contributed by atoms with Gasteiger partial charge in [0.2, 0.25) is 0 Å². The summed E-state index contributed by atoms with van der Waals surface area (Å²) in [5.74, 6) is -0.159. The molecule has 0 aromatic heterocycles. The Morgan fingerprint density at radius 2 is 2.00 bits per heavy atom. The number of rotatable bonds is 7. The molecule has 0 amide bonds. The maximum atomic E-state index is 13.4. The topological polar surface area (TPSA) is 24.1 Å². The SMILES string of the molecule is CCNCCCNCc1ccc(Br)cc1F. The van der Waals surface area contributed by atoms with Crippen LogP contribution in [0.1, 0.15) is 18.9 Å². The lowest BCUT2D eigenvalue weighted by atomic mass is 10.2. The molecule has 1 rings (SSSR count). The van der Waals surface area contributed by atoms with E-state index in [-0.39, 0.29) is 5.82 Å². The van der Waals surface area contributed by atoms with E-state index in [0.717, 1.165) is 30.5 Å². The average molecular weight is 289 g/mol. The molecule has 0 aliphatic rings. The number of hydrogen-bond acceptors (Lipinski definition) is 2. The predicted octanol–water partition coefficient (Wildman–Crippen LogP) is 2.68. The molecule has 4 heteroatoms. The summed E-state index contributed by atoms with van der Waals surface area (Å²) in [7, 11) is 0. The van der Waals surface area contributed by atoms with Crippen LogP contribution >= 0.6 is 15.9 Å². The zero-order chi connectivity index (χ0) is 11.8. The number of hydrogen-bond donors (Lipinski definition) is 2. The molecule has 16 heavy (non-hydrogen) atoms. The summed E-state index contributed by atoms with van der Waals surface area (Å²) in [5.41, 5.74) is 0.714. The molecule has 0 spiro atoms. The van der Waals surface area contributed by atoms with Gasteiger partial charge in [-0.15, -0.1) is 0 Å². The second-order valence-electron chi connectivity index (χ2n) is 3.62. The predicted molar refractivity (Wildman–Crippen MR) is 69.0 cm³/mol. The molecule has 0 saturated heterocycles. The van der Waals surface area contributed by atoms with E-state index in [0.29, 0.717) is 12.1 Å². The van der Waals surface area contributed by atoms with Gasteiger partial charge in [0.15, 0.2) is 0 Å². The van der Waals surface area contributed by atoms with E-state index >= 15 is 0 Å². The van der Waals surface area contributed by atoms with Crippen LogP contribution < -0.4 is 10.6 Å². The van der Waals surface area contributed by atoms with Gasteiger partial charge in [-0.3, -0.25) is 0 Å². The Kier molecular flexibility index (Phi) is 6.61. The van der Waals surface area contributed by atoms with Gasteiger partial charge in [0.1, 0.15) is 5.82 Å². The standard InChI is InChI=1S/C12H18BrFN2/c1-2-15-6-3-7-16-9-10-4-5-11(13)8-12(10)14/h4-5,8,15-16H,2-3,6-7,9H2,1H3. The van der Waals surface area contributed by atoms with Crippen molar-refractivity contribution in [2.75, 3.05) is 19.6 Å². The van der Waals surface area contributed by atoms with Crippen LogP contribution in [0.2, 0.25) is 0 Å². The van der Waals surface area contributed by atoms with E-state index in [1.807, 2.05) is 6.07 Å². The van der Waals surface area contributed by atoms with Crippen LogP contribution in [0.15, 0.2) is 22.7 Å². The lowest BCUT2D eigenvalue weighted by Gasteiger charge is -2.06.